The summed E-state index contributed by atoms with van der Waals surface area (Å²) in [5.74, 6) is 0.821. The van der Waals surface area contributed by atoms with Crippen molar-refractivity contribution in [2.75, 3.05) is 7.05 Å². The molecular weight excluding hydrogens is 253 g/mol. The summed E-state index contributed by atoms with van der Waals surface area (Å²) in [6.07, 6.45) is 0. The van der Waals surface area contributed by atoms with Crippen LogP contribution in [0.25, 0.3) is 10.6 Å². The molecule has 0 aliphatic rings. The first-order valence-electron chi connectivity index (χ1n) is 4.35. The zero-order chi connectivity index (χ0) is 10.8. The fraction of sp³-hybridized carbons (Fsp3) is 0.222. The van der Waals surface area contributed by atoms with Crippen LogP contribution in [0.3, 0.4) is 0 Å². The molecule has 0 fully saturated rings. The molecule has 6 heteroatoms. The smallest absolute Gasteiger partial charge is 0.135 e. The molecule has 2 aromatic heterocycles. The van der Waals surface area contributed by atoms with Crippen molar-refractivity contribution < 1.29 is 0 Å². The summed E-state index contributed by atoms with van der Waals surface area (Å²) in [6.45, 7) is 0.666. The summed E-state index contributed by atoms with van der Waals surface area (Å²) in [4.78, 5) is 8.37. The van der Waals surface area contributed by atoms with E-state index in [-0.39, 0.29) is 0 Å². The molecule has 0 aliphatic carbocycles. The Hall–Kier alpha value is -0.550. The summed E-state index contributed by atoms with van der Waals surface area (Å²) in [5, 5.41) is 3.56. The molecule has 15 heavy (non-hydrogen) atoms. The minimum atomic E-state index is 0.554. The number of H-pyrrole nitrogens is 1. The third kappa shape index (κ3) is 2.34. The molecule has 0 atom stereocenters. The summed E-state index contributed by atoms with van der Waals surface area (Å²) in [7, 11) is 1.86. The van der Waals surface area contributed by atoms with Crippen molar-refractivity contribution in [3.05, 3.63) is 27.4 Å². The highest BCUT2D eigenvalue weighted by atomic mass is 35.5. The van der Waals surface area contributed by atoms with Gasteiger partial charge in [-0.25, -0.2) is 4.98 Å². The molecule has 80 valence electrons. The molecule has 0 saturated carbocycles. The lowest BCUT2D eigenvalue weighted by molar-refractivity contribution is 0.772. The van der Waals surface area contributed by atoms with Crippen LogP contribution < -0.4 is 5.32 Å². The van der Waals surface area contributed by atoms with Crippen LogP contribution in [-0.4, -0.2) is 17.0 Å². The van der Waals surface area contributed by atoms with E-state index in [9.17, 15) is 0 Å². The van der Waals surface area contributed by atoms with Crippen molar-refractivity contribution in [2.45, 2.75) is 6.54 Å². The highest BCUT2D eigenvalue weighted by Gasteiger charge is 2.11. The standard InChI is InChI=1S/C9H9Cl2N3S/c1-12-4-7-13-8(9(11)14-7)5-2-3-6(10)15-5/h2-3,12H,4H2,1H3,(H,13,14). The van der Waals surface area contributed by atoms with E-state index in [1.54, 1.807) is 0 Å². The monoisotopic (exact) mass is 261 g/mol. The number of hydrogen-bond acceptors (Lipinski definition) is 3. The molecule has 0 saturated heterocycles. The van der Waals surface area contributed by atoms with Crippen LogP contribution in [0.1, 0.15) is 5.82 Å². The first-order valence-corrected chi connectivity index (χ1v) is 5.92. The van der Waals surface area contributed by atoms with Gasteiger partial charge in [0.25, 0.3) is 0 Å². The Morgan fingerprint density at radius 2 is 2.27 bits per heavy atom. The molecule has 0 radical (unpaired) electrons. The molecule has 3 nitrogen and oxygen atoms in total. The van der Waals surface area contributed by atoms with Crippen LogP contribution in [0.15, 0.2) is 12.1 Å². The summed E-state index contributed by atoms with van der Waals surface area (Å²) in [6, 6.07) is 3.75. The number of imidazole rings is 1. The van der Waals surface area contributed by atoms with Gasteiger partial charge in [-0.15, -0.1) is 11.3 Å². The fourth-order valence-corrected chi connectivity index (χ4v) is 2.60. The minimum absolute atomic E-state index is 0.554. The second-order valence-corrected chi connectivity index (χ2v) is 5.07. The molecule has 2 rings (SSSR count). The minimum Gasteiger partial charge on any atom is -0.331 e. The predicted molar refractivity (Wildman–Crippen MR) is 64.7 cm³/mol. The van der Waals surface area contributed by atoms with E-state index < -0.39 is 0 Å². The molecule has 0 aliphatic heterocycles. The van der Waals surface area contributed by atoms with Crippen LogP contribution in [0.4, 0.5) is 0 Å². The van der Waals surface area contributed by atoms with Crippen molar-refractivity contribution in [3.63, 3.8) is 0 Å². The third-order valence-electron chi connectivity index (χ3n) is 1.86. The Labute approximate surface area is 101 Å². The van der Waals surface area contributed by atoms with Gasteiger partial charge in [-0.05, 0) is 19.2 Å². The van der Waals surface area contributed by atoms with E-state index in [2.05, 4.69) is 15.3 Å². The van der Waals surface area contributed by atoms with Crippen LogP contribution >= 0.6 is 34.5 Å². The molecule has 0 aromatic carbocycles. The Morgan fingerprint density at radius 3 is 2.87 bits per heavy atom. The van der Waals surface area contributed by atoms with Crippen LogP contribution in [0, 0.1) is 0 Å². The van der Waals surface area contributed by atoms with Crippen molar-refractivity contribution in [1.82, 2.24) is 15.3 Å². The number of halogens is 2. The average Bonchev–Trinajstić information content (AvgIpc) is 2.73. The van der Waals surface area contributed by atoms with E-state index >= 15 is 0 Å². The van der Waals surface area contributed by atoms with E-state index in [0.717, 1.165) is 20.7 Å². The number of thiophene rings is 1. The van der Waals surface area contributed by atoms with Crippen molar-refractivity contribution in [3.8, 4) is 10.6 Å². The van der Waals surface area contributed by atoms with Gasteiger partial charge in [0.2, 0.25) is 0 Å². The quantitative estimate of drug-likeness (QED) is 0.892. The summed E-state index contributed by atoms with van der Waals surface area (Å²) < 4.78 is 0.735. The average molecular weight is 262 g/mol. The van der Waals surface area contributed by atoms with Gasteiger partial charge in [0.15, 0.2) is 0 Å². The predicted octanol–water partition coefficient (Wildman–Crippen LogP) is 3.16. The molecule has 2 heterocycles. The normalized spacial score (nSPS) is 10.9. The molecule has 0 bridgehead atoms. The van der Waals surface area contributed by atoms with Crippen LogP contribution in [0.5, 0.6) is 0 Å². The van der Waals surface area contributed by atoms with E-state index in [1.165, 1.54) is 11.3 Å². The molecule has 0 unspecified atom stereocenters. The number of hydrogen-bond donors (Lipinski definition) is 2. The van der Waals surface area contributed by atoms with Crippen molar-refractivity contribution in [2.24, 2.45) is 0 Å². The lowest BCUT2D eigenvalue weighted by Gasteiger charge is -1.91. The maximum atomic E-state index is 6.04. The van der Waals surface area contributed by atoms with E-state index in [0.29, 0.717) is 11.7 Å². The molecule has 0 spiro atoms. The van der Waals surface area contributed by atoms with Gasteiger partial charge in [-0.3, -0.25) is 0 Å². The first kappa shape index (κ1) is 11.0. The van der Waals surface area contributed by atoms with Gasteiger partial charge in [0.05, 0.1) is 15.8 Å². The Bertz CT molecular complexity index is 464. The number of nitrogens with zero attached hydrogens (tertiary/aromatic N) is 1. The zero-order valence-corrected chi connectivity index (χ0v) is 10.3. The molecule has 2 aromatic rings. The first-order chi connectivity index (χ1) is 7.20. The zero-order valence-electron chi connectivity index (χ0n) is 7.97. The Morgan fingerprint density at radius 1 is 1.47 bits per heavy atom. The van der Waals surface area contributed by atoms with E-state index in [1.807, 2.05) is 19.2 Å². The Balaban J connectivity index is 2.35. The molecule has 2 N–H and O–H groups in total. The van der Waals surface area contributed by atoms with Crippen LogP contribution in [-0.2, 0) is 6.54 Å². The second-order valence-electron chi connectivity index (χ2n) is 2.98. The topological polar surface area (TPSA) is 40.7 Å². The summed E-state index contributed by atoms with van der Waals surface area (Å²) >= 11 is 13.4. The SMILES string of the molecule is CNCc1nc(-c2ccc(Cl)s2)c(Cl)[nH]1. The highest BCUT2D eigenvalue weighted by molar-refractivity contribution is 7.19. The van der Waals surface area contributed by atoms with Gasteiger partial charge in [0.1, 0.15) is 16.7 Å². The lowest BCUT2D eigenvalue weighted by Crippen LogP contribution is -2.06. The number of aromatic nitrogens is 2. The highest BCUT2D eigenvalue weighted by Crippen LogP contribution is 2.33. The largest absolute Gasteiger partial charge is 0.331 e. The maximum absolute atomic E-state index is 6.04. The van der Waals surface area contributed by atoms with Gasteiger partial charge >= 0.3 is 0 Å². The molecule has 0 amide bonds. The van der Waals surface area contributed by atoms with Crippen molar-refractivity contribution >= 4 is 34.5 Å². The fourth-order valence-electron chi connectivity index (χ4n) is 1.25. The van der Waals surface area contributed by atoms with Gasteiger partial charge < -0.3 is 10.3 Å². The number of aromatic amines is 1. The maximum Gasteiger partial charge on any atom is 0.135 e. The van der Waals surface area contributed by atoms with Crippen LogP contribution in [0.2, 0.25) is 9.49 Å². The Kier molecular flexibility index (Phi) is 3.31. The third-order valence-corrected chi connectivity index (χ3v) is 3.37. The van der Waals surface area contributed by atoms with E-state index in [4.69, 9.17) is 23.2 Å². The molecular formula is C9H9Cl2N3S. The number of rotatable bonds is 3. The van der Waals surface area contributed by atoms with Gasteiger partial charge in [0, 0.05) is 0 Å². The van der Waals surface area contributed by atoms with Crippen molar-refractivity contribution in [1.29, 1.82) is 0 Å². The summed E-state index contributed by atoms with van der Waals surface area (Å²) in [5.41, 5.74) is 0.763. The number of nitrogens with one attached hydrogen (secondary N) is 2. The lowest BCUT2D eigenvalue weighted by atomic mass is 10.4. The van der Waals surface area contributed by atoms with Gasteiger partial charge in [-0.1, -0.05) is 23.2 Å². The second kappa shape index (κ2) is 4.53. The van der Waals surface area contributed by atoms with Gasteiger partial charge in [-0.2, -0.15) is 0 Å².